The van der Waals surface area contributed by atoms with Crippen molar-refractivity contribution in [1.29, 1.82) is 0 Å². The molecule has 1 heterocycles. The third-order valence-electron chi connectivity index (χ3n) is 2.37. The van der Waals surface area contributed by atoms with Gasteiger partial charge >= 0.3 is 0 Å². The van der Waals surface area contributed by atoms with Crippen molar-refractivity contribution in [1.82, 2.24) is 4.98 Å². The van der Waals surface area contributed by atoms with Gasteiger partial charge in [-0.05, 0) is 59.1 Å². The van der Waals surface area contributed by atoms with E-state index in [4.69, 9.17) is 4.74 Å². The summed E-state index contributed by atoms with van der Waals surface area (Å²) in [5.41, 5.74) is 1.78. The van der Waals surface area contributed by atoms with Gasteiger partial charge in [0.05, 0.1) is 0 Å². The molecule has 0 fully saturated rings. The van der Waals surface area contributed by atoms with Gasteiger partial charge in [0.25, 0.3) is 0 Å². The molecule has 1 aromatic heterocycles. The molecule has 0 bridgehead atoms. The van der Waals surface area contributed by atoms with Crippen molar-refractivity contribution in [2.45, 2.75) is 13.8 Å². The van der Waals surface area contributed by atoms with Crippen LogP contribution < -0.4 is 4.74 Å². The maximum Gasteiger partial charge on any atom is 0.219 e. The second-order valence-corrected chi connectivity index (χ2v) is 4.64. The third kappa shape index (κ3) is 2.82. The van der Waals surface area contributed by atoms with Crippen molar-refractivity contribution in [3.8, 4) is 11.6 Å². The van der Waals surface area contributed by atoms with Gasteiger partial charge in [-0.15, -0.1) is 0 Å². The number of rotatable bonds is 2. The number of nitrogens with zero attached hydrogens (tertiary/aromatic N) is 1. The van der Waals surface area contributed by atoms with Crippen LogP contribution in [0.3, 0.4) is 0 Å². The van der Waals surface area contributed by atoms with E-state index in [2.05, 4.69) is 20.9 Å². The van der Waals surface area contributed by atoms with Crippen LogP contribution in [0.25, 0.3) is 0 Å². The van der Waals surface area contributed by atoms with Gasteiger partial charge in [0.15, 0.2) is 0 Å². The molecule has 2 rings (SSSR count). The molecule has 2 nitrogen and oxygen atoms in total. The number of hydrogen-bond acceptors (Lipinski definition) is 2. The quantitative estimate of drug-likeness (QED) is 0.820. The number of aryl methyl sites for hydroxylation is 2. The predicted octanol–water partition coefficient (Wildman–Crippen LogP) is 4.39. The Hall–Kier alpha value is -1.42. The minimum atomic E-state index is -0.269. The van der Waals surface area contributed by atoms with Crippen molar-refractivity contribution in [3.63, 3.8) is 0 Å². The largest absolute Gasteiger partial charge is 0.439 e. The Labute approximate surface area is 108 Å². The van der Waals surface area contributed by atoms with Crippen LogP contribution in [0.15, 0.2) is 34.9 Å². The Morgan fingerprint density at radius 1 is 1.18 bits per heavy atom. The van der Waals surface area contributed by atoms with Gasteiger partial charge in [0.1, 0.15) is 11.6 Å². The van der Waals surface area contributed by atoms with Crippen LogP contribution in [0.2, 0.25) is 0 Å². The average molecular weight is 296 g/mol. The summed E-state index contributed by atoms with van der Waals surface area (Å²) in [5.74, 6) is 0.843. The Kier molecular flexibility index (Phi) is 3.43. The molecule has 0 aliphatic rings. The normalized spacial score (nSPS) is 10.4. The highest BCUT2D eigenvalue weighted by atomic mass is 79.9. The summed E-state index contributed by atoms with van der Waals surface area (Å²) in [6, 6.07) is 6.23. The standard InChI is InChI=1S/C13H11BrFNO/c1-8-6-13(16-7-11(8)14)17-12-4-3-10(15)5-9(12)2/h3-7H,1-2H3. The molecular weight excluding hydrogens is 285 g/mol. The first-order valence-electron chi connectivity index (χ1n) is 5.12. The van der Waals surface area contributed by atoms with Crippen LogP contribution in [0, 0.1) is 19.7 Å². The molecule has 0 unspecified atom stereocenters. The van der Waals surface area contributed by atoms with E-state index in [9.17, 15) is 4.39 Å². The van der Waals surface area contributed by atoms with E-state index in [-0.39, 0.29) is 5.82 Å². The van der Waals surface area contributed by atoms with Crippen LogP contribution >= 0.6 is 15.9 Å². The fourth-order valence-corrected chi connectivity index (χ4v) is 1.63. The first-order valence-corrected chi connectivity index (χ1v) is 5.92. The van der Waals surface area contributed by atoms with Crippen LogP contribution in [0.4, 0.5) is 4.39 Å². The van der Waals surface area contributed by atoms with Crippen molar-refractivity contribution in [3.05, 3.63) is 51.9 Å². The molecular formula is C13H11BrFNO. The minimum absolute atomic E-state index is 0.269. The Morgan fingerprint density at radius 3 is 2.59 bits per heavy atom. The molecule has 0 radical (unpaired) electrons. The molecule has 0 N–H and O–H groups in total. The van der Waals surface area contributed by atoms with E-state index in [1.165, 1.54) is 12.1 Å². The van der Waals surface area contributed by atoms with Gasteiger partial charge in [0.2, 0.25) is 5.88 Å². The Balaban J connectivity index is 2.28. The Bertz CT molecular complexity index is 557. The minimum Gasteiger partial charge on any atom is -0.439 e. The van der Waals surface area contributed by atoms with Crippen molar-refractivity contribution in [2.75, 3.05) is 0 Å². The zero-order chi connectivity index (χ0) is 12.4. The van der Waals surface area contributed by atoms with Crippen LogP contribution in [-0.2, 0) is 0 Å². The van der Waals surface area contributed by atoms with E-state index in [0.717, 1.165) is 15.6 Å². The fourth-order valence-electron chi connectivity index (χ4n) is 1.41. The zero-order valence-corrected chi connectivity index (χ0v) is 11.1. The fraction of sp³-hybridized carbons (Fsp3) is 0.154. The maximum atomic E-state index is 12.9. The lowest BCUT2D eigenvalue weighted by Crippen LogP contribution is -1.92. The van der Waals surface area contributed by atoms with E-state index in [1.807, 2.05) is 13.0 Å². The highest BCUT2D eigenvalue weighted by Crippen LogP contribution is 2.26. The van der Waals surface area contributed by atoms with Crippen LogP contribution in [-0.4, -0.2) is 4.98 Å². The average Bonchev–Trinajstić information content (AvgIpc) is 2.27. The van der Waals surface area contributed by atoms with Gasteiger partial charge in [-0.1, -0.05) is 0 Å². The molecule has 0 atom stereocenters. The summed E-state index contributed by atoms with van der Waals surface area (Å²) in [4.78, 5) is 4.14. The van der Waals surface area contributed by atoms with Crippen LogP contribution in [0.1, 0.15) is 11.1 Å². The number of hydrogen-bond donors (Lipinski definition) is 0. The van der Waals surface area contributed by atoms with E-state index in [0.29, 0.717) is 11.6 Å². The lowest BCUT2D eigenvalue weighted by atomic mass is 10.2. The molecule has 1 aromatic carbocycles. The highest BCUT2D eigenvalue weighted by molar-refractivity contribution is 9.10. The SMILES string of the molecule is Cc1cc(Oc2ccc(F)cc2C)ncc1Br. The van der Waals surface area contributed by atoms with Gasteiger partial charge in [0, 0.05) is 16.7 Å². The number of aromatic nitrogens is 1. The molecule has 2 aromatic rings. The smallest absolute Gasteiger partial charge is 0.219 e. The summed E-state index contributed by atoms with van der Waals surface area (Å²) in [6.45, 7) is 3.75. The molecule has 17 heavy (non-hydrogen) atoms. The van der Waals surface area contributed by atoms with Crippen molar-refractivity contribution < 1.29 is 9.13 Å². The predicted molar refractivity (Wildman–Crippen MR) is 67.9 cm³/mol. The summed E-state index contributed by atoms with van der Waals surface area (Å²) in [6.07, 6.45) is 1.68. The molecule has 0 aliphatic carbocycles. The monoisotopic (exact) mass is 295 g/mol. The zero-order valence-electron chi connectivity index (χ0n) is 9.50. The van der Waals surface area contributed by atoms with Gasteiger partial charge in [-0.25, -0.2) is 9.37 Å². The molecule has 0 saturated heterocycles. The van der Waals surface area contributed by atoms with E-state index < -0.39 is 0 Å². The second-order valence-electron chi connectivity index (χ2n) is 3.78. The molecule has 0 amide bonds. The lowest BCUT2D eigenvalue weighted by Gasteiger charge is -2.08. The summed E-state index contributed by atoms with van der Waals surface area (Å²) < 4.78 is 19.5. The first kappa shape index (κ1) is 12.0. The van der Waals surface area contributed by atoms with Gasteiger partial charge in [-0.2, -0.15) is 0 Å². The summed E-state index contributed by atoms with van der Waals surface area (Å²) >= 11 is 3.37. The highest BCUT2D eigenvalue weighted by Gasteiger charge is 2.05. The molecule has 4 heteroatoms. The summed E-state index contributed by atoms with van der Waals surface area (Å²) in [5, 5.41) is 0. The van der Waals surface area contributed by atoms with Crippen molar-refractivity contribution in [2.24, 2.45) is 0 Å². The molecule has 88 valence electrons. The molecule has 0 saturated carbocycles. The van der Waals surface area contributed by atoms with Gasteiger partial charge < -0.3 is 4.74 Å². The van der Waals surface area contributed by atoms with E-state index in [1.54, 1.807) is 19.2 Å². The third-order valence-corrected chi connectivity index (χ3v) is 3.20. The number of ether oxygens (including phenoxy) is 1. The summed E-state index contributed by atoms with van der Waals surface area (Å²) in [7, 11) is 0. The number of benzene rings is 1. The number of pyridine rings is 1. The Morgan fingerprint density at radius 2 is 1.94 bits per heavy atom. The molecule has 0 aliphatic heterocycles. The second kappa shape index (κ2) is 4.84. The van der Waals surface area contributed by atoms with Gasteiger partial charge in [-0.3, -0.25) is 0 Å². The van der Waals surface area contributed by atoms with Crippen molar-refractivity contribution >= 4 is 15.9 Å². The number of halogens is 2. The first-order chi connectivity index (χ1) is 8.06. The maximum absolute atomic E-state index is 12.9. The van der Waals surface area contributed by atoms with Crippen LogP contribution in [0.5, 0.6) is 11.6 Å². The molecule has 0 spiro atoms. The topological polar surface area (TPSA) is 22.1 Å². The lowest BCUT2D eigenvalue weighted by molar-refractivity contribution is 0.457. The van der Waals surface area contributed by atoms with E-state index >= 15 is 0 Å².